The number of unbranched alkanes of at least 4 members (excludes halogenated alkanes) is 1. The molecule has 0 aliphatic heterocycles. The van der Waals surface area contributed by atoms with E-state index in [0.717, 1.165) is 12.8 Å². The molecule has 70 valence electrons. The normalized spacial score (nSPS) is 11.7. The average molecular weight is 190 g/mol. The molecular weight excluding hydrogens is 176 g/mol. The number of hydrogen-bond donors (Lipinski definition) is 0. The summed E-state index contributed by atoms with van der Waals surface area (Å²) in [7, 11) is 0. The molecule has 0 atom stereocenters. The molecule has 0 aliphatic rings. The van der Waals surface area contributed by atoms with Crippen molar-refractivity contribution in [2.45, 2.75) is 19.8 Å². The van der Waals surface area contributed by atoms with Gasteiger partial charge in [0.25, 0.3) is 6.54 Å². The van der Waals surface area contributed by atoms with Crippen molar-refractivity contribution >= 4 is 16.8 Å². The van der Waals surface area contributed by atoms with Gasteiger partial charge in [-0.1, -0.05) is 13.3 Å². The molecule has 0 amide bonds. The Bertz CT molecular complexity index is 171. The van der Waals surface area contributed by atoms with Gasteiger partial charge in [-0.25, -0.2) is 0 Å². The third kappa shape index (κ3) is 6.15. The van der Waals surface area contributed by atoms with Gasteiger partial charge in [-0.15, -0.1) is 11.8 Å². The molecule has 0 radical (unpaired) electrons. The van der Waals surface area contributed by atoms with E-state index in [1.807, 2.05) is 6.26 Å². The van der Waals surface area contributed by atoms with Crippen LogP contribution < -0.4 is 0 Å². The lowest BCUT2D eigenvalue weighted by atomic mass is 10.3. The van der Waals surface area contributed by atoms with Crippen molar-refractivity contribution in [3.05, 3.63) is 10.1 Å². The standard InChI is InChI=1S/C7H14N2O2S/c1-3-4-5-8-7(12-2)6-9(10)11/h3-6H2,1-2H3. The van der Waals surface area contributed by atoms with Crippen molar-refractivity contribution < 1.29 is 4.92 Å². The zero-order valence-electron chi connectivity index (χ0n) is 7.45. The van der Waals surface area contributed by atoms with Crippen LogP contribution in [0, 0.1) is 10.1 Å². The first-order valence-corrected chi connectivity index (χ1v) is 5.12. The van der Waals surface area contributed by atoms with Crippen LogP contribution in [0.1, 0.15) is 19.8 Å². The van der Waals surface area contributed by atoms with Gasteiger partial charge in [-0.2, -0.15) is 0 Å². The summed E-state index contributed by atoms with van der Waals surface area (Å²) < 4.78 is 0. The lowest BCUT2D eigenvalue weighted by Gasteiger charge is -1.96. The highest BCUT2D eigenvalue weighted by molar-refractivity contribution is 8.13. The lowest BCUT2D eigenvalue weighted by molar-refractivity contribution is -0.462. The molecule has 0 aromatic carbocycles. The summed E-state index contributed by atoms with van der Waals surface area (Å²) in [5.41, 5.74) is 0. The van der Waals surface area contributed by atoms with Gasteiger partial charge in [-0.05, 0) is 12.7 Å². The SMILES string of the molecule is CCCCN=C(C[N+](=O)[O-])SC. The Morgan fingerprint density at radius 1 is 1.67 bits per heavy atom. The van der Waals surface area contributed by atoms with Gasteiger partial charge in [0.05, 0.1) is 0 Å². The summed E-state index contributed by atoms with van der Waals surface area (Å²) in [6.45, 7) is 2.65. The maximum absolute atomic E-state index is 10.1. The van der Waals surface area contributed by atoms with Gasteiger partial charge in [-0.3, -0.25) is 15.1 Å². The Balaban J connectivity index is 3.78. The molecule has 0 spiro atoms. The minimum absolute atomic E-state index is 0.134. The van der Waals surface area contributed by atoms with E-state index in [9.17, 15) is 10.1 Å². The summed E-state index contributed by atoms with van der Waals surface area (Å²) in [4.78, 5) is 13.9. The van der Waals surface area contributed by atoms with Crippen molar-refractivity contribution in [1.29, 1.82) is 0 Å². The molecule has 0 bridgehead atoms. The van der Waals surface area contributed by atoms with Crippen LogP contribution in [0.3, 0.4) is 0 Å². The fourth-order valence-corrected chi connectivity index (χ4v) is 1.11. The zero-order valence-corrected chi connectivity index (χ0v) is 8.26. The largest absolute Gasteiger partial charge is 0.276 e. The molecule has 12 heavy (non-hydrogen) atoms. The number of nitrogens with zero attached hydrogens (tertiary/aromatic N) is 2. The van der Waals surface area contributed by atoms with Crippen LogP contribution >= 0.6 is 11.8 Å². The molecule has 0 fully saturated rings. The molecule has 0 heterocycles. The van der Waals surface area contributed by atoms with E-state index in [0.29, 0.717) is 11.6 Å². The summed E-state index contributed by atoms with van der Waals surface area (Å²) in [6.07, 6.45) is 3.89. The highest BCUT2D eigenvalue weighted by Gasteiger charge is 2.04. The van der Waals surface area contributed by atoms with Gasteiger partial charge in [0.1, 0.15) is 5.04 Å². The Kier molecular flexibility index (Phi) is 6.75. The molecule has 5 heteroatoms. The maximum atomic E-state index is 10.1. The summed E-state index contributed by atoms with van der Waals surface area (Å²) in [5, 5.41) is 10.7. The smallest absolute Gasteiger partial charge is 0.250 e. The summed E-state index contributed by atoms with van der Waals surface area (Å²) in [5.74, 6) is 0. The van der Waals surface area contributed by atoms with Crippen LogP contribution in [0.2, 0.25) is 0 Å². The first-order valence-electron chi connectivity index (χ1n) is 3.89. The van der Waals surface area contributed by atoms with Crippen LogP contribution in [-0.2, 0) is 0 Å². The average Bonchev–Trinajstić information content (AvgIpc) is 2.02. The van der Waals surface area contributed by atoms with E-state index in [2.05, 4.69) is 11.9 Å². The quantitative estimate of drug-likeness (QED) is 0.218. The predicted octanol–water partition coefficient (Wildman–Crippen LogP) is 1.82. The van der Waals surface area contributed by atoms with E-state index < -0.39 is 0 Å². The van der Waals surface area contributed by atoms with Crippen LogP contribution in [0.5, 0.6) is 0 Å². The molecule has 0 saturated heterocycles. The minimum Gasteiger partial charge on any atom is -0.276 e. The third-order valence-corrected chi connectivity index (χ3v) is 2.03. The fraction of sp³-hybridized carbons (Fsp3) is 0.857. The fourth-order valence-electron chi connectivity index (χ4n) is 0.651. The van der Waals surface area contributed by atoms with Crippen molar-refractivity contribution in [1.82, 2.24) is 0 Å². The molecule has 0 aliphatic carbocycles. The molecule has 0 rings (SSSR count). The molecule has 4 nitrogen and oxygen atoms in total. The number of thioether (sulfide) groups is 1. The summed E-state index contributed by atoms with van der Waals surface area (Å²) >= 11 is 1.36. The van der Waals surface area contributed by atoms with E-state index >= 15 is 0 Å². The van der Waals surface area contributed by atoms with Crippen molar-refractivity contribution in [2.24, 2.45) is 4.99 Å². The molecule has 0 saturated carbocycles. The second-order valence-corrected chi connectivity index (χ2v) is 3.20. The van der Waals surface area contributed by atoms with Gasteiger partial charge in [0.2, 0.25) is 0 Å². The van der Waals surface area contributed by atoms with Crippen molar-refractivity contribution in [3.8, 4) is 0 Å². The van der Waals surface area contributed by atoms with E-state index in [1.54, 1.807) is 0 Å². The molecule has 0 N–H and O–H groups in total. The van der Waals surface area contributed by atoms with E-state index in [1.165, 1.54) is 11.8 Å². The molecule has 0 unspecified atom stereocenters. The predicted molar refractivity (Wildman–Crippen MR) is 52.6 cm³/mol. The maximum Gasteiger partial charge on any atom is 0.250 e. The Morgan fingerprint density at radius 3 is 2.75 bits per heavy atom. The second-order valence-electron chi connectivity index (χ2n) is 2.32. The highest BCUT2D eigenvalue weighted by atomic mass is 32.2. The van der Waals surface area contributed by atoms with Crippen LogP contribution in [0.25, 0.3) is 0 Å². The van der Waals surface area contributed by atoms with Gasteiger partial charge >= 0.3 is 0 Å². The second kappa shape index (κ2) is 7.09. The minimum atomic E-state index is -0.346. The van der Waals surface area contributed by atoms with Gasteiger partial charge in [0.15, 0.2) is 0 Å². The van der Waals surface area contributed by atoms with Crippen LogP contribution in [0.4, 0.5) is 0 Å². The van der Waals surface area contributed by atoms with Crippen molar-refractivity contribution in [2.75, 3.05) is 19.3 Å². The van der Waals surface area contributed by atoms with Crippen LogP contribution in [0.15, 0.2) is 4.99 Å². The number of hydrogen-bond acceptors (Lipinski definition) is 4. The molecule has 0 aromatic rings. The Morgan fingerprint density at radius 2 is 2.33 bits per heavy atom. The van der Waals surface area contributed by atoms with Crippen molar-refractivity contribution in [3.63, 3.8) is 0 Å². The Labute approximate surface area is 76.6 Å². The van der Waals surface area contributed by atoms with Crippen LogP contribution in [-0.4, -0.2) is 29.3 Å². The third-order valence-electron chi connectivity index (χ3n) is 1.30. The summed E-state index contributed by atoms with van der Waals surface area (Å²) in [6, 6.07) is 0. The first kappa shape index (κ1) is 11.4. The highest BCUT2D eigenvalue weighted by Crippen LogP contribution is 2.00. The lowest BCUT2D eigenvalue weighted by Crippen LogP contribution is -2.10. The molecule has 0 aromatic heterocycles. The Hall–Kier alpha value is -0.580. The van der Waals surface area contributed by atoms with E-state index in [4.69, 9.17) is 0 Å². The first-order chi connectivity index (χ1) is 5.70. The zero-order chi connectivity index (χ0) is 9.40. The number of nitro groups is 1. The topological polar surface area (TPSA) is 55.5 Å². The number of aliphatic imine (C=N–C) groups is 1. The molecular formula is C7H14N2O2S. The monoisotopic (exact) mass is 190 g/mol. The van der Waals surface area contributed by atoms with Gasteiger partial charge < -0.3 is 0 Å². The number of rotatable bonds is 5. The van der Waals surface area contributed by atoms with Gasteiger partial charge in [0, 0.05) is 11.5 Å². The van der Waals surface area contributed by atoms with E-state index in [-0.39, 0.29) is 11.5 Å².